The first-order valence-corrected chi connectivity index (χ1v) is 7.34. The van der Waals surface area contributed by atoms with E-state index in [2.05, 4.69) is 47.6 Å². The lowest BCUT2D eigenvalue weighted by atomic mass is 10.1. The third kappa shape index (κ3) is 3.81. The molecule has 0 atom stereocenters. The predicted molar refractivity (Wildman–Crippen MR) is 78.3 cm³/mol. The molecule has 102 valence electrons. The maximum Gasteiger partial charge on any atom is 0.195 e. The lowest BCUT2D eigenvalue weighted by molar-refractivity contribution is 0.673. The Balaban J connectivity index is 2.04. The van der Waals surface area contributed by atoms with Crippen LogP contribution in [0.3, 0.4) is 0 Å². The molecule has 0 spiro atoms. The average Bonchev–Trinajstić information content (AvgIpc) is 2.78. The number of hydrogen-bond donors (Lipinski definition) is 1. The first kappa shape index (κ1) is 14.1. The highest BCUT2D eigenvalue weighted by Crippen LogP contribution is 2.27. The second-order valence-electron chi connectivity index (χ2n) is 4.59. The summed E-state index contributed by atoms with van der Waals surface area (Å²) in [5.41, 5.74) is 2.67. The summed E-state index contributed by atoms with van der Waals surface area (Å²) in [6, 6.07) is 6.55. The van der Waals surface area contributed by atoms with Gasteiger partial charge < -0.3 is 9.88 Å². The normalized spacial score (nSPS) is 10.9. The van der Waals surface area contributed by atoms with E-state index in [4.69, 9.17) is 0 Å². The minimum atomic E-state index is 0.913. The molecule has 0 fully saturated rings. The molecule has 1 aromatic heterocycles. The number of benzene rings is 1. The molecule has 0 unspecified atom stereocenters. The van der Waals surface area contributed by atoms with Crippen molar-refractivity contribution in [2.75, 3.05) is 6.54 Å². The Bertz CT molecular complexity index is 536. The highest BCUT2D eigenvalue weighted by molar-refractivity contribution is 7.99. The summed E-state index contributed by atoms with van der Waals surface area (Å²) in [4.78, 5) is 1.20. The SMILES string of the molecule is CCCNCc1ccc(Sc2nncn2C)cc1C. The molecule has 0 aliphatic rings. The molecule has 0 saturated carbocycles. The van der Waals surface area contributed by atoms with E-state index < -0.39 is 0 Å². The fourth-order valence-electron chi connectivity index (χ4n) is 1.80. The van der Waals surface area contributed by atoms with Gasteiger partial charge in [0.15, 0.2) is 5.16 Å². The van der Waals surface area contributed by atoms with Crippen LogP contribution in [0.15, 0.2) is 34.6 Å². The molecule has 0 radical (unpaired) electrons. The van der Waals surface area contributed by atoms with Crippen LogP contribution in [0, 0.1) is 6.92 Å². The molecular weight excluding hydrogens is 256 g/mol. The van der Waals surface area contributed by atoms with Crippen LogP contribution in [0.4, 0.5) is 0 Å². The molecule has 1 aromatic carbocycles. The van der Waals surface area contributed by atoms with Crippen molar-refractivity contribution in [1.29, 1.82) is 0 Å². The highest BCUT2D eigenvalue weighted by atomic mass is 32.2. The zero-order valence-corrected chi connectivity index (χ0v) is 12.5. The number of aryl methyl sites for hydroxylation is 2. The van der Waals surface area contributed by atoms with Gasteiger partial charge in [0.1, 0.15) is 6.33 Å². The molecule has 4 nitrogen and oxygen atoms in total. The van der Waals surface area contributed by atoms with Gasteiger partial charge in [-0.3, -0.25) is 0 Å². The summed E-state index contributed by atoms with van der Waals surface area (Å²) in [6.07, 6.45) is 2.89. The lowest BCUT2D eigenvalue weighted by Crippen LogP contribution is -2.14. The van der Waals surface area contributed by atoms with Crippen molar-refractivity contribution in [3.63, 3.8) is 0 Å². The molecule has 0 amide bonds. The lowest BCUT2D eigenvalue weighted by Gasteiger charge is -2.09. The van der Waals surface area contributed by atoms with Gasteiger partial charge in [0.2, 0.25) is 0 Å². The van der Waals surface area contributed by atoms with Gasteiger partial charge in [0, 0.05) is 18.5 Å². The molecule has 0 saturated heterocycles. The van der Waals surface area contributed by atoms with E-state index in [0.29, 0.717) is 0 Å². The Morgan fingerprint density at radius 1 is 1.37 bits per heavy atom. The summed E-state index contributed by atoms with van der Waals surface area (Å²) >= 11 is 1.64. The average molecular weight is 276 g/mol. The molecule has 5 heteroatoms. The van der Waals surface area contributed by atoms with Gasteiger partial charge >= 0.3 is 0 Å². The Morgan fingerprint density at radius 3 is 2.84 bits per heavy atom. The molecule has 19 heavy (non-hydrogen) atoms. The first-order chi connectivity index (χ1) is 9.20. The van der Waals surface area contributed by atoms with Gasteiger partial charge in [-0.1, -0.05) is 13.0 Å². The minimum Gasteiger partial charge on any atom is -0.313 e. The molecule has 2 rings (SSSR count). The zero-order chi connectivity index (χ0) is 13.7. The summed E-state index contributed by atoms with van der Waals surface area (Å²) in [5, 5.41) is 12.3. The monoisotopic (exact) mass is 276 g/mol. The molecule has 1 heterocycles. The second-order valence-corrected chi connectivity index (χ2v) is 5.63. The zero-order valence-electron chi connectivity index (χ0n) is 11.7. The first-order valence-electron chi connectivity index (χ1n) is 6.52. The highest BCUT2D eigenvalue weighted by Gasteiger charge is 2.05. The fraction of sp³-hybridized carbons (Fsp3) is 0.429. The molecular formula is C14H20N4S. The summed E-state index contributed by atoms with van der Waals surface area (Å²) < 4.78 is 1.93. The summed E-state index contributed by atoms with van der Waals surface area (Å²) in [6.45, 7) is 6.34. The Hall–Kier alpha value is -1.33. The quantitative estimate of drug-likeness (QED) is 0.824. The maximum absolute atomic E-state index is 4.09. The number of aromatic nitrogens is 3. The van der Waals surface area contributed by atoms with Crippen LogP contribution in [-0.4, -0.2) is 21.3 Å². The maximum atomic E-state index is 4.09. The Morgan fingerprint density at radius 2 is 2.21 bits per heavy atom. The fourth-order valence-corrected chi connectivity index (χ4v) is 2.66. The van der Waals surface area contributed by atoms with Crippen molar-refractivity contribution in [2.45, 2.75) is 36.9 Å². The van der Waals surface area contributed by atoms with Crippen LogP contribution < -0.4 is 5.32 Å². The van der Waals surface area contributed by atoms with Gasteiger partial charge in [-0.15, -0.1) is 10.2 Å². The van der Waals surface area contributed by atoms with Gasteiger partial charge in [-0.05, 0) is 54.9 Å². The predicted octanol–water partition coefficient (Wildman–Crippen LogP) is 2.77. The standard InChI is InChI=1S/C14H20N4S/c1-4-7-15-9-12-5-6-13(8-11(12)2)19-14-17-16-10-18(14)3/h5-6,8,10,15H,4,7,9H2,1-3H3. The van der Waals surface area contributed by atoms with Crippen LogP contribution in [-0.2, 0) is 13.6 Å². The van der Waals surface area contributed by atoms with Crippen molar-refractivity contribution in [3.8, 4) is 0 Å². The third-order valence-corrected chi connectivity index (χ3v) is 3.98. The van der Waals surface area contributed by atoms with Crippen molar-refractivity contribution in [1.82, 2.24) is 20.1 Å². The van der Waals surface area contributed by atoms with Gasteiger partial charge in [-0.2, -0.15) is 0 Å². The van der Waals surface area contributed by atoms with E-state index in [0.717, 1.165) is 18.2 Å². The topological polar surface area (TPSA) is 42.7 Å². The minimum absolute atomic E-state index is 0.913. The smallest absolute Gasteiger partial charge is 0.195 e. The van der Waals surface area contributed by atoms with Crippen molar-refractivity contribution >= 4 is 11.8 Å². The van der Waals surface area contributed by atoms with Crippen LogP contribution in [0.5, 0.6) is 0 Å². The molecule has 0 bridgehead atoms. The molecule has 2 aromatic rings. The van der Waals surface area contributed by atoms with E-state index >= 15 is 0 Å². The van der Waals surface area contributed by atoms with Gasteiger partial charge in [0.25, 0.3) is 0 Å². The van der Waals surface area contributed by atoms with E-state index in [9.17, 15) is 0 Å². The van der Waals surface area contributed by atoms with Crippen molar-refractivity contribution in [2.24, 2.45) is 7.05 Å². The van der Waals surface area contributed by atoms with Crippen LogP contribution in [0.2, 0.25) is 0 Å². The largest absolute Gasteiger partial charge is 0.313 e. The van der Waals surface area contributed by atoms with Gasteiger partial charge in [0.05, 0.1) is 0 Å². The van der Waals surface area contributed by atoms with E-state index in [1.165, 1.54) is 22.4 Å². The molecule has 0 aliphatic heterocycles. The van der Waals surface area contributed by atoms with Crippen LogP contribution in [0.1, 0.15) is 24.5 Å². The van der Waals surface area contributed by atoms with Crippen LogP contribution in [0.25, 0.3) is 0 Å². The number of nitrogens with one attached hydrogen (secondary N) is 1. The Labute approximate surface area is 118 Å². The van der Waals surface area contributed by atoms with E-state index in [-0.39, 0.29) is 0 Å². The molecule has 1 N–H and O–H groups in total. The number of hydrogen-bond acceptors (Lipinski definition) is 4. The number of nitrogens with zero attached hydrogens (tertiary/aromatic N) is 3. The van der Waals surface area contributed by atoms with E-state index in [1.807, 2.05) is 11.6 Å². The molecule has 0 aliphatic carbocycles. The van der Waals surface area contributed by atoms with Crippen molar-refractivity contribution in [3.05, 3.63) is 35.7 Å². The van der Waals surface area contributed by atoms with Crippen LogP contribution >= 0.6 is 11.8 Å². The third-order valence-electron chi connectivity index (χ3n) is 2.94. The Kier molecular flexibility index (Phi) is 4.99. The van der Waals surface area contributed by atoms with Crippen molar-refractivity contribution < 1.29 is 0 Å². The second kappa shape index (κ2) is 6.73. The number of rotatable bonds is 6. The van der Waals surface area contributed by atoms with Gasteiger partial charge in [-0.25, -0.2) is 0 Å². The van der Waals surface area contributed by atoms with E-state index in [1.54, 1.807) is 18.1 Å². The summed E-state index contributed by atoms with van der Waals surface area (Å²) in [5.74, 6) is 0. The summed E-state index contributed by atoms with van der Waals surface area (Å²) in [7, 11) is 1.96.